The number of aryl methyl sites for hydroxylation is 1. The van der Waals surface area contributed by atoms with Crippen LogP contribution in [-0.2, 0) is 17.9 Å². The third-order valence-electron chi connectivity index (χ3n) is 3.62. The predicted octanol–water partition coefficient (Wildman–Crippen LogP) is 2.17. The number of aliphatic carboxylic acids is 1. The zero-order valence-corrected chi connectivity index (χ0v) is 13.1. The van der Waals surface area contributed by atoms with Crippen molar-refractivity contribution in [1.29, 1.82) is 0 Å². The predicted molar refractivity (Wildman–Crippen MR) is 82.7 cm³/mol. The van der Waals surface area contributed by atoms with Crippen LogP contribution >= 0.6 is 0 Å². The fourth-order valence-electron chi connectivity index (χ4n) is 2.49. The monoisotopic (exact) mass is 303 g/mol. The maximum Gasteiger partial charge on any atom is 0.325 e. The Morgan fingerprint density at radius 1 is 1.50 bits per heavy atom. The minimum atomic E-state index is -0.898. The number of carboxylic acids is 1. The van der Waals surface area contributed by atoms with Gasteiger partial charge in [-0.15, -0.1) is 0 Å². The smallest absolute Gasteiger partial charge is 0.325 e. The fourth-order valence-corrected chi connectivity index (χ4v) is 2.49. The number of imidazole rings is 1. The second-order valence-electron chi connectivity index (χ2n) is 5.06. The number of hydrogen-bond acceptors (Lipinski definition) is 4. The first-order valence-corrected chi connectivity index (χ1v) is 7.13. The standard InChI is InChI=1S/C16H21N3O3/c1-4-19-9-8-17-14(19)11-18(2)15(16(20)21)12-6-5-7-13(10-12)22-3/h5-10,15H,4,11H2,1-3H3,(H,20,21)/t15-/m1/s1. The maximum absolute atomic E-state index is 11.7. The zero-order valence-electron chi connectivity index (χ0n) is 13.1. The molecule has 0 amide bonds. The van der Waals surface area contributed by atoms with Gasteiger partial charge in [0.2, 0.25) is 0 Å². The van der Waals surface area contributed by atoms with Gasteiger partial charge < -0.3 is 14.4 Å². The lowest BCUT2D eigenvalue weighted by Crippen LogP contribution is -2.31. The zero-order chi connectivity index (χ0) is 16.1. The largest absolute Gasteiger partial charge is 0.497 e. The molecule has 2 aromatic rings. The number of nitrogens with zero attached hydrogens (tertiary/aromatic N) is 3. The third kappa shape index (κ3) is 3.46. The van der Waals surface area contributed by atoms with Crippen LogP contribution < -0.4 is 4.74 Å². The van der Waals surface area contributed by atoms with Gasteiger partial charge in [-0.2, -0.15) is 0 Å². The molecule has 0 saturated heterocycles. The molecule has 1 heterocycles. The molecular formula is C16H21N3O3. The molecule has 1 atom stereocenters. The summed E-state index contributed by atoms with van der Waals surface area (Å²) in [7, 11) is 3.35. The maximum atomic E-state index is 11.7. The first-order chi connectivity index (χ1) is 10.6. The van der Waals surface area contributed by atoms with E-state index in [9.17, 15) is 9.90 Å². The molecule has 0 aliphatic rings. The number of carboxylic acid groups (broad SMARTS) is 1. The Labute approximate surface area is 130 Å². The Hall–Kier alpha value is -2.34. The van der Waals surface area contributed by atoms with Gasteiger partial charge in [0.15, 0.2) is 0 Å². The lowest BCUT2D eigenvalue weighted by Gasteiger charge is -2.25. The summed E-state index contributed by atoms with van der Waals surface area (Å²) in [6, 6.07) is 6.39. The molecule has 0 aliphatic carbocycles. The molecule has 2 rings (SSSR count). The Morgan fingerprint density at radius 3 is 2.91 bits per heavy atom. The Bertz CT molecular complexity index is 639. The van der Waals surface area contributed by atoms with Crippen molar-refractivity contribution in [3.63, 3.8) is 0 Å². The van der Waals surface area contributed by atoms with Gasteiger partial charge in [-0.25, -0.2) is 4.98 Å². The van der Waals surface area contributed by atoms with Crippen molar-refractivity contribution < 1.29 is 14.6 Å². The number of hydrogen-bond donors (Lipinski definition) is 1. The molecule has 0 unspecified atom stereocenters. The molecule has 22 heavy (non-hydrogen) atoms. The average Bonchev–Trinajstić information content (AvgIpc) is 2.94. The second-order valence-corrected chi connectivity index (χ2v) is 5.06. The van der Waals surface area contributed by atoms with Crippen LogP contribution in [0.2, 0.25) is 0 Å². The number of ether oxygens (including phenoxy) is 1. The first-order valence-electron chi connectivity index (χ1n) is 7.13. The number of methoxy groups -OCH3 is 1. The summed E-state index contributed by atoms with van der Waals surface area (Å²) in [6.07, 6.45) is 3.62. The van der Waals surface area contributed by atoms with Crippen molar-refractivity contribution in [2.24, 2.45) is 0 Å². The van der Waals surface area contributed by atoms with Gasteiger partial charge in [-0.05, 0) is 31.7 Å². The summed E-state index contributed by atoms with van der Waals surface area (Å²) in [5, 5.41) is 9.61. The average molecular weight is 303 g/mol. The number of likely N-dealkylation sites (N-methyl/N-ethyl adjacent to an activating group) is 1. The van der Waals surface area contributed by atoms with Crippen LogP contribution in [0.3, 0.4) is 0 Å². The molecular weight excluding hydrogens is 282 g/mol. The van der Waals surface area contributed by atoms with Crippen molar-refractivity contribution in [2.45, 2.75) is 26.1 Å². The summed E-state index contributed by atoms with van der Waals surface area (Å²) < 4.78 is 7.18. The Balaban J connectivity index is 2.25. The van der Waals surface area contributed by atoms with Crippen molar-refractivity contribution in [3.05, 3.63) is 48.0 Å². The molecule has 0 fully saturated rings. The highest BCUT2D eigenvalue weighted by molar-refractivity contribution is 5.75. The minimum absolute atomic E-state index is 0.453. The van der Waals surface area contributed by atoms with Crippen LogP contribution in [0.15, 0.2) is 36.7 Å². The highest BCUT2D eigenvalue weighted by atomic mass is 16.5. The third-order valence-corrected chi connectivity index (χ3v) is 3.62. The molecule has 1 N–H and O–H groups in total. The quantitative estimate of drug-likeness (QED) is 0.849. The van der Waals surface area contributed by atoms with Crippen molar-refractivity contribution >= 4 is 5.97 Å². The molecule has 0 aliphatic heterocycles. The van der Waals surface area contributed by atoms with E-state index in [1.165, 1.54) is 0 Å². The molecule has 1 aromatic heterocycles. The number of rotatable bonds is 7. The summed E-state index contributed by atoms with van der Waals surface area (Å²) in [5.74, 6) is 0.594. The second kappa shape index (κ2) is 7.09. The van der Waals surface area contributed by atoms with E-state index < -0.39 is 12.0 Å². The van der Waals surface area contributed by atoms with Crippen LogP contribution in [0.5, 0.6) is 5.75 Å². The van der Waals surface area contributed by atoms with Crippen LogP contribution in [0, 0.1) is 0 Å². The van der Waals surface area contributed by atoms with Gasteiger partial charge in [0.05, 0.1) is 13.7 Å². The van der Waals surface area contributed by atoms with E-state index in [1.54, 1.807) is 49.5 Å². The van der Waals surface area contributed by atoms with Crippen LogP contribution in [-0.4, -0.2) is 39.7 Å². The van der Waals surface area contributed by atoms with Crippen LogP contribution in [0.4, 0.5) is 0 Å². The fraction of sp³-hybridized carbons (Fsp3) is 0.375. The molecule has 0 radical (unpaired) electrons. The van der Waals surface area contributed by atoms with E-state index in [2.05, 4.69) is 4.98 Å². The highest BCUT2D eigenvalue weighted by Gasteiger charge is 2.26. The minimum Gasteiger partial charge on any atom is -0.497 e. The van der Waals surface area contributed by atoms with Crippen molar-refractivity contribution in [2.75, 3.05) is 14.2 Å². The van der Waals surface area contributed by atoms with E-state index >= 15 is 0 Å². The molecule has 6 nitrogen and oxygen atoms in total. The number of carbonyl (C=O) groups is 1. The molecule has 1 aromatic carbocycles. The SMILES string of the molecule is CCn1ccnc1CN(C)[C@@H](C(=O)O)c1cccc(OC)c1. The summed E-state index contributed by atoms with van der Waals surface area (Å²) in [4.78, 5) is 17.8. The van der Waals surface area contributed by atoms with E-state index in [0.717, 1.165) is 12.4 Å². The van der Waals surface area contributed by atoms with E-state index in [0.29, 0.717) is 17.9 Å². The molecule has 0 saturated carbocycles. The van der Waals surface area contributed by atoms with E-state index in [4.69, 9.17) is 4.74 Å². The van der Waals surface area contributed by atoms with Gasteiger partial charge in [0.1, 0.15) is 17.6 Å². The topological polar surface area (TPSA) is 67.6 Å². The molecule has 118 valence electrons. The Morgan fingerprint density at radius 2 is 2.27 bits per heavy atom. The van der Waals surface area contributed by atoms with Gasteiger partial charge in [0.25, 0.3) is 0 Å². The van der Waals surface area contributed by atoms with Crippen LogP contribution in [0.25, 0.3) is 0 Å². The lowest BCUT2D eigenvalue weighted by atomic mass is 10.1. The number of benzene rings is 1. The molecule has 0 bridgehead atoms. The molecule has 6 heteroatoms. The van der Waals surface area contributed by atoms with Gasteiger partial charge in [-0.3, -0.25) is 9.69 Å². The summed E-state index contributed by atoms with van der Waals surface area (Å²) in [6.45, 7) is 3.29. The first kappa shape index (κ1) is 16.0. The summed E-state index contributed by atoms with van der Waals surface area (Å²) >= 11 is 0. The van der Waals surface area contributed by atoms with E-state index in [-0.39, 0.29) is 0 Å². The van der Waals surface area contributed by atoms with Crippen LogP contribution in [0.1, 0.15) is 24.4 Å². The lowest BCUT2D eigenvalue weighted by molar-refractivity contribution is -0.143. The van der Waals surface area contributed by atoms with Gasteiger partial charge in [-0.1, -0.05) is 12.1 Å². The summed E-state index contributed by atoms with van der Waals surface area (Å²) in [5.41, 5.74) is 0.684. The number of aromatic nitrogens is 2. The Kier molecular flexibility index (Phi) is 5.16. The molecule has 0 spiro atoms. The van der Waals surface area contributed by atoms with Gasteiger partial charge >= 0.3 is 5.97 Å². The van der Waals surface area contributed by atoms with Gasteiger partial charge in [0, 0.05) is 18.9 Å². The normalized spacial score (nSPS) is 12.4. The highest BCUT2D eigenvalue weighted by Crippen LogP contribution is 2.24. The van der Waals surface area contributed by atoms with Crippen molar-refractivity contribution in [3.8, 4) is 5.75 Å². The van der Waals surface area contributed by atoms with Crippen molar-refractivity contribution in [1.82, 2.24) is 14.5 Å². The van der Waals surface area contributed by atoms with E-state index in [1.807, 2.05) is 17.7 Å².